The molecule has 102 valence electrons. The molecule has 0 aliphatic carbocycles. The van der Waals surface area contributed by atoms with Gasteiger partial charge in [0.1, 0.15) is 4.90 Å². The molecule has 0 unspecified atom stereocenters. The zero-order valence-electron chi connectivity index (χ0n) is 9.72. The monoisotopic (exact) mass is 321 g/mol. The molecular weight excluding hydrogens is 313 g/mol. The molecule has 1 rings (SSSR count). The van der Waals surface area contributed by atoms with Gasteiger partial charge in [-0.1, -0.05) is 29.1 Å². The Hall–Kier alpha value is -1.26. The van der Waals surface area contributed by atoms with Gasteiger partial charge in [-0.25, -0.2) is 13.2 Å². The highest BCUT2D eigenvalue weighted by Crippen LogP contribution is 2.31. The van der Waals surface area contributed by atoms with E-state index in [1.54, 1.807) is 0 Å². The molecule has 0 fully saturated rings. The Balaban J connectivity index is 3.52. The molecule has 0 saturated carbocycles. The van der Waals surface area contributed by atoms with Crippen LogP contribution in [0.5, 0.6) is 0 Å². The normalized spacial score (nSPS) is 11.3. The first kappa shape index (κ1) is 15.8. The minimum absolute atomic E-state index is 0.0468. The first-order valence-corrected chi connectivity index (χ1v) is 7.03. The van der Waals surface area contributed by atoms with Gasteiger partial charge in [-0.3, -0.25) is 0 Å². The molecule has 0 saturated heterocycles. The summed E-state index contributed by atoms with van der Waals surface area (Å²) in [6, 6.07) is 2.16. The van der Waals surface area contributed by atoms with Crippen LogP contribution in [0.15, 0.2) is 17.0 Å². The van der Waals surface area contributed by atoms with Crippen molar-refractivity contribution in [3.8, 4) is 12.3 Å². The Bertz CT molecular complexity index is 664. The van der Waals surface area contributed by atoms with Crippen molar-refractivity contribution < 1.29 is 18.3 Å². The summed E-state index contributed by atoms with van der Waals surface area (Å²) in [5, 5.41) is 8.49. The van der Waals surface area contributed by atoms with Crippen LogP contribution in [-0.2, 0) is 10.0 Å². The number of aromatic carboxylic acids is 1. The van der Waals surface area contributed by atoms with Crippen LogP contribution in [0, 0.1) is 12.3 Å². The van der Waals surface area contributed by atoms with Crippen molar-refractivity contribution in [3.05, 3.63) is 27.7 Å². The van der Waals surface area contributed by atoms with Crippen LogP contribution in [0.1, 0.15) is 10.4 Å². The van der Waals surface area contributed by atoms with E-state index in [1.807, 2.05) is 0 Å². The topological polar surface area (TPSA) is 74.7 Å². The lowest BCUT2D eigenvalue weighted by atomic mass is 10.2. The van der Waals surface area contributed by atoms with Gasteiger partial charge in [0.05, 0.1) is 17.1 Å². The number of carboxylic acids is 1. The first-order chi connectivity index (χ1) is 8.71. The number of nitrogens with zero attached hydrogens (tertiary/aromatic N) is 1. The van der Waals surface area contributed by atoms with Crippen molar-refractivity contribution in [3.63, 3.8) is 0 Å². The maximum absolute atomic E-state index is 12.2. The van der Waals surface area contributed by atoms with Crippen molar-refractivity contribution >= 4 is 39.2 Å². The summed E-state index contributed by atoms with van der Waals surface area (Å²) in [5.74, 6) is 0.797. The van der Waals surface area contributed by atoms with E-state index in [1.165, 1.54) is 7.05 Å². The van der Waals surface area contributed by atoms with E-state index >= 15 is 0 Å². The molecule has 0 aliphatic heterocycles. The predicted octanol–water partition coefficient (Wildman–Crippen LogP) is 1.95. The number of carboxylic acid groups (broad SMARTS) is 1. The summed E-state index contributed by atoms with van der Waals surface area (Å²) >= 11 is 11.5. The molecule has 0 bridgehead atoms. The van der Waals surface area contributed by atoms with Gasteiger partial charge >= 0.3 is 5.97 Å². The lowest BCUT2D eigenvalue weighted by Crippen LogP contribution is -2.27. The highest BCUT2D eigenvalue weighted by Gasteiger charge is 2.27. The maximum Gasteiger partial charge on any atom is 0.337 e. The summed E-state index contributed by atoms with van der Waals surface area (Å²) in [4.78, 5) is 10.6. The van der Waals surface area contributed by atoms with Gasteiger partial charge in [-0.15, -0.1) is 6.42 Å². The number of hydrogen-bond acceptors (Lipinski definition) is 3. The highest BCUT2D eigenvalue weighted by atomic mass is 35.5. The molecule has 0 amide bonds. The minimum atomic E-state index is -4.00. The van der Waals surface area contributed by atoms with Crippen molar-refractivity contribution in [2.75, 3.05) is 13.6 Å². The number of carbonyl (C=O) groups is 1. The van der Waals surface area contributed by atoms with Crippen LogP contribution in [0.25, 0.3) is 0 Å². The molecule has 0 atom stereocenters. The quantitative estimate of drug-likeness (QED) is 0.860. The van der Waals surface area contributed by atoms with Gasteiger partial charge in [-0.2, -0.15) is 4.31 Å². The zero-order chi connectivity index (χ0) is 14.8. The van der Waals surface area contributed by atoms with E-state index < -0.39 is 25.9 Å². The largest absolute Gasteiger partial charge is 0.478 e. The molecule has 0 spiro atoms. The number of hydrogen-bond donors (Lipinski definition) is 1. The number of terminal acetylenes is 1. The van der Waals surface area contributed by atoms with Gasteiger partial charge in [0.2, 0.25) is 10.0 Å². The summed E-state index contributed by atoms with van der Waals surface area (Å²) in [7, 11) is -2.74. The molecule has 19 heavy (non-hydrogen) atoms. The van der Waals surface area contributed by atoms with E-state index in [9.17, 15) is 13.2 Å². The lowest BCUT2D eigenvalue weighted by molar-refractivity contribution is 0.0697. The van der Waals surface area contributed by atoms with Gasteiger partial charge in [-0.05, 0) is 12.1 Å². The molecule has 5 nitrogen and oxygen atoms in total. The summed E-state index contributed by atoms with van der Waals surface area (Å²) in [5.41, 5.74) is -0.387. The lowest BCUT2D eigenvalue weighted by Gasteiger charge is -2.16. The summed E-state index contributed by atoms with van der Waals surface area (Å²) < 4.78 is 25.2. The van der Waals surface area contributed by atoms with Gasteiger partial charge in [0.15, 0.2) is 0 Å². The van der Waals surface area contributed by atoms with Crippen LogP contribution >= 0.6 is 23.2 Å². The molecule has 1 aromatic rings. The van der Waals surface area contributed by atoms with Crippen LogP contribution in [0.4, 0.5) is 0 Å². The van der Waals surface area contributed by atoms with Crippen molar-refractivity contribution in [1.82, 2.24) is 4.31 Å². The van der Waals surface area contributed by atoms with E-state index in [-0.39, 0.29) is 17.1 Å². The third-order valence-corrected chi connectivity index (χ3v) is 4.80. The number of rotatable bonds is 4. The SMILES string of the molecule is C#CCN(C)S(=O)(=O)c1cc(Cl)cc(C(=O)O)c1Cl. The van der Waals surface area contributed by atoms with Gasteiger partial charge in [0, 0.05) is 12.1 Å². The Morgan fingerprint density at radius 2 is 2.05 bits per heavy atom. The van der Waals surface area contributed by atoms with E-state index in [4.69, 9.17) is 34.7 Å². The minimum Gasteiger partial charge on any atom is -0.478 e. The molecule has 1 aromatic carbocycles. The molecule has 0 radical (unpaired) electrons. The van der Waals surface area contributed by atoms with Crippen molar-refractivity contribution in [2.24, 2.45) is 0 Å². The third-order valence-electron chi connectivity index (χ3n) is 2.24. The second kappa shape index (κ2) is 5.80. The fraction of sp³-hybridized carbons (Fsp3) is 0.182. The fourth-order valence-electron chi connectivity index (χ4n) is 1.29. The number of benzene rings is 1. The Kier molecular flexibility index (Phi) is 4.82. The summed E-state index contributed by atoms with van der Waals surface area (Å²) in [6.45, 7) is -0.173. The fourth-order valence-corrected chi connectivity index (χ4v) is 3.25. The first-order valence-electron chi connectivity index (χ1n) is 4.84. The van der Waals surface area contributed by atoms with E-state index in [0.29, 0.717) is 0 Å². The Morgan fingerprint density at radius 3 is 2.53 bits per heavy atom. The average molecular weight is 322 g/mol. The Labute approximate surface area is 120 Å². The van der Waals surface area contributed by atoms with Gasteiger partial charge in [0.25, 0.3) is 0 Å². The molecule has 1 N–H and O–H groups in total. The van der Waals surface area contributed by atoms with Crippen LogP contribution in [-0.4, -0.2) is 37.4 Å². The molecule has 0 heterocycles. The zero-order valence-corrected chi connectivity index (χ0v) is 12.1. The van der Waals surface area contributed by atoms with Crippen LogP contribution in [0.2, 0.25) is 10.0 Å². The summed E-state index contributed by atoms with van der Waals surface area (Å²) in [6.07, 6.45) is 5.04. The predicted molar refractivity (Wildman–Crippen MR) is 72.1 cm³/mol. The standard InChI is InChI=1S/C11H9Cl2NO4S/c1-3-4-14(2)19(17,18)9-6-7(12)5-8(10(9)13)11(15)16/h1,5-6H,4H2,2H3,(H,15,16). The number of halogens is 2. The molecular formula is C11H9Cl2NO4S. The van der Waals surface area contributed by atoms with Crippen LogP contribution in [0.3, 0.4) is 0 Å². The van der Waals surface area contributed by atoms with Crippen LogP contribution < -0.4 is 0 Å². The van der Waals surface area contributed by atoms with Crippen molar-refractivity contribution in [2.45, 2.75) is 4.90 Å². The van der Waals surface area contributed by atoms with E-state index in [2.05, 4.69) is 5.92 Å². The highest BCUT2D eigenvalue weighted by molar-refractivity contribution is 7.89. The van der Waals surface area contributed by atoms with E-state index in [0.717, 1.165) is 16.4 Å². The third kappa shape index (κ3) is 3.19. The van der Waals surface area contributed by atoms with Gasteiger partial charge < -0.3 is 5.11 Å². The van der Waals surface area contributed by atoms with Crippen molar-refractivity contribution in [1.29, 1.82) is 0 Å². The maximum atomic E-state index is 12.2. The second-order valence-corrected chi connectivity index (χ2v) is 6.36. The second-order valence-electron chi connectivity index (χ2n) is 3.54. The average Bonchev–Trinajstić information content (AvgIpc) is 2.31. The number of sulfonamides is 1. The molecule has 8 heteroatoms. The molecule has 0 aliphatic rings. The Morgan fingerprint density at radius 1 is 1.47 bits per heavy atom. The smallest absolute Gasteiger partial charge is 0.337 e. The molecule has 0 aromatic heterocycles.